The zero-order chi connectivity index (χ0) is 9.60. The molecule has 0 saturated heterocycles. The first kappa shape index (κ1) is 8.93. The van der Waals surface area contributed by atoms with Gasteiger partial charge in [-0.25, -0.2) is 0 Å². The molecule has 3 rings (SSSR count). The minimum atomic E-state index is 0.494. The van der Waals surface area contributed by atoms with Gasteiger partial charge in [-0.2, -0.15) is 0 Å². The summed E-state index contributed by atoms with van der Waals surface area (Å²) in [5.74, 6) is 0. The smallest absolute Gasteiger partial charge is 0.0209 e. The molecular weight excluding hydrogens is 238 g/mol. The Bertz CT molecular complexity index is 369. The summed E-state index contributed by atoms with van der Waals surface area (Å²) >= 11 is 3.54. The Hall–Kier alpha value is -0.340. The summed E-state index contributed by atoms with van der Waals surface area (Å²) in [6.07, 6.45) is 4.14. The maximum Gasteiger partial charge on any atom is 0.0209 e. The maximum absolute atomic E-state index is 3.54. The highest BCUT2D eigenvalue weighted by molar-refractivity contribution is 9.10. The normalized spacial score (nSPS) is 22.9. The molecule has 0 bridgehead atoms. The molecule has 1 fully saturated rings. The highest BCUT2D eigenvalue weighted by atomic mass is 79.9. The Kier molecular flexibility index (Phi) is 1.96. The number of hydrogen-bond donors (Lipinski definition) is 1. The van der Waals surface area contributed by atoms with Crippen molar-refractivity contribution in [3.63, 3.8) is 0 Å². The lowest BCUT2D eigenvalue weighted by Gasteiger charge is -2.46. The van der Waals surface area contributed by atoms with Crippen LogP contribution in [0.25, 0.3) is 0 Å². The summed E-state index contributed by atoms with van der Waals surface area (Å²) in [6.45, 7) is 2.22. The van der Waals surface area contributed by atoms with E-state index in [4.69, 9.17) is 0 Å². The van der Waals surface area contributed by atoms with Crippen molar-refractivity contribution in [1.82, 2.24) is 5.32 Å². The minimum Gasteiger partial charge on any atom is -0.312 e. The Morgan fingerprint density at radius 2 is 2.14 bits per heavy atom. The number of nitrogens with one attached hydrogen (secondary N) is 1. The molecule has 14 heavy (non-hydrogen) atoms. The predicted octanol–water partition coefficient (Wildman–Crippen LogP) is 2.97. The van der Waals surface area contributed by atoms with E-state index in [1.807, 2.05) is 0 Å². The number of hydrogen-bond acceptors (Lipinski definition) is 1. The van der Waals surface area contributed by atoms with E-state index >= 15 is 0 Å². The maximum atomic E-state index is 3.54. The predicted molar refractivity (Wildman–Crippen MR) is 61.4 cm³/mol. The van der Waals surface area contributed by atoms with Gasteiger partial charge in [0, 0.05) is 23.0 Å². The van der Waals surface area contributed by atoms with Gasteiger partial charge >= 0.3 is 0 Å². The topological polar surface area (TPSA) is 12.0 Å². The summed E-state index contributed by atoms with van der Waals surface area (Å²) in [4.78, 5) is 0. The van der Waals surface area contributed by atoms with Crippen LogP contribution in [-0.2, 0) is 12.0 Å². The molecule has 1 N–H and O–H groups in total. The van der Waals surface area contributed by atoms with Gasteiger partial charge in [-0.1, -0.05) is 28.4 Å². The second-order valence-electron chi connectivity index (χ2n) is 4.54. The Labute approximate surface area is 93.0 Å². The number of benzene rings is 1. The van der Waals surface area contributed by atoms with Gasteiger partial charge < -0.3 is 5.32 Å². The van der Waals surface area contributed by atoms with Gasteiger partial charge in [0.05, 0.1) is 0 Å². The molecule has 0 amide bonds. The first-order valence-electron chi connectivity index (χ1n) is 5.30. The van der Waals surface area contributed by atoms with Gasteiger partial charge in [0.25, 0.3) is 0 Å². The lowest BCUT2D eigenvalue weighted by molar-refractivity contribution is 0.219. The fraction of sp³-hybridized carbons (Fsp3) is 0.500. The summed E-state index contributed by atoms with van der Waals surface area (Å²) in [5, 5.41) is 3.54. The molecule has 1 aliphatic carbocycles. The molecule has 1 saturated carbocycles. The lowest BCUT2D eigenvalue weighted by atomic mass is 9.62. The van der Waals surface area contributed by atoms with Gasteiger partial charge in [-0.15, -0.1) is 0 Å². The van der Waals surface area contributed by atoms with Gasteiger partial charge in [0.2, 0.25) is 0 Å². The van der Waals surface area contributed by atoms with Crippen molar-refractivity contribution < 1.29 is 0 Å². The molecule has 0 radical (unpaired) electrons. The molecule has 1 aliphatic heterocycles. The Balaban J connectivity index is 2.10. The van der Waals surface area contributed by atoms with E-state index < -0.39 is 0 Å². The SMILES string of the molecule is Brc1ccc2c(c1)CNCC21CCC1. The summed E-state index contributed by atoms with van der Waals surface area (Å²) in [6, 6.07) is 6.77. The molecule has 2 heteroatoms. The van der Waals surface area contributed by atoms with Crippen LogP contribution in [0.1, 0.15) is 30.4 Å². The van der Waals surface area contributed by atoms with Crippen molar-refractivity contribution in [2.45, 2.75) is 31.2 Å². The van der Waals surface area contributed by atoms with Gasteiger partial charge in [0.15, 0.2) is 0 Å². The molecule has 1 aromatic carbocycles. The summed E-state index contributed by atoms with van der Waals surface area (Å²) < 4.78 is 1.20. The fourth-order valence-corrected chi connectivity index (χ4v) is 3.22. The second kappa shape index (κ2) is 3.07. The van der Waals surface area contributed by atoms with E-state index in [-0.39, 0.29) is 0 Å². The van der Waals surface area contributed by atoms with Gasteiger partial charge in [-0.3, -0.25) is 0 Å². The number of halogens is 1. The first-order chi connectivity index (χ1) is 6.80. The van der Waals surface area contributed by atoms with Crippen molar-refractivity contribution in [2.24, 2.45) is 0 Å². The van der Waals surface area contributed by atoms with Gasteiger partial charge in [0.1, 0.15) is 0 Å². The van der Waals surface area contributed by atoms with Crippen molar-refractivity contribution in [2.75, 3.05) is 6.54 Å². The van der Waals surface area contributed by atoms with E-state index in [1.165, 1.54) is 35.8 Å². The van der Waals surface area contributed by atoms with E-state index in [0.717, 1.165) is 6.54 Å². The molecule has 1 heterocycles. The molecule has 0 atom stereocenters. The lowest BCUT2D eigenvalue weighted by Crippen LogP contribution is -2.47. The fourth-order valence-electron chi connectivity index (χ4n) is 2.81. The van der Waals surface area contributed by atoms with Crippen LogP contribution in [0, 0.1) is 0 Å². The van der Waals surface area contributed by atoms with Crippen LogP contribution in [-0.4, -0.2) is 6.54 Å². The van der Waals surface area contributed by atoms with Crippen LogP contribution in [0.4, 0.5) is 0 Å². The average molecular weight is 252 g/mol. The highest BCUT2D eigenvalue weighted by Gasteiger charge is 2.41. The minimum absolute atomic E-state index is 0.494. The highest BCUT2D eigenvalue weighted by Crippen LogP contribution is 2.46. The van der Waals surface area contributed by atoms with Crippen molar-refractivity contribution >= 4 is 15.9 Å². The summed E-state index contributed by atoms with van der Waals surface area (Å²) in [5.41, 5.74) is 3.59. The number of rotatable bonds is 0. The van der Waals surface area contributed by atoms with Crippen LogP contribution < -0.4 is 5.32 Å². The van der Waals surface area contributed by atoms with Crippen molar-refractivity contribution in [3.8, 4) is 0 Å². The first-order valence-corrected chi connectivity index (χ1v) is 6.09. The third-order valence-electron chi connectivity index (χ3n) is 3.73. The van der Waals surface area contributed by atoms with E-state index in [2.05, 4.69) is 39.4 Å². The average Bonchev–Trinajstić information content (AvgIpc) is 2.13. The molecule has 74 valence electrons. The summed E-state index contributed by atoms with van der Waals surface area (Å²) in [7, 11) is 0. The van der Waals surface area contributed by atoms with Crippen LogP contribution in [0.15, 0.2) is 22.7 Å². The van der Waals surface area contributed by atoms with Crippen molar-refractivity contribution in [3.05, 3.63) is 33.8 Å². The third kappa shape index (κ3) is 1.17. The van der Waals surface area contributed by atoms with E-state index in [0.29, 0.717) is 5.41 Å². The van der Waals surface area contributed by atoms with Crippen LogP contribution >= 0.6 is 15.9 Å². The van der Waals surface area contributed by atoms with Crippen molar-refractivity contribution in [1.29, 1.82) is 0 Å². The van der Waals surface area contributed by atoms with Crippen LogP contribution in [0.5, 0.6) is 0 Å². The standard InChI is InChI=1S/C12H14BrN/c13-10-2-3-11-9(6-10)7-14-8-12(11)4-1-5-12/h2-3,6,14H,1,4-5,7-8H2. The van der Waals surface area contributed by atoms with E-state index in [9.17, 15) is 0 Å². The molecule has 0 aromatic heterocycles. The third-order valence-corrected chi connectivity index (χ3v) is 4.22. The Morgan fingerprint density at radius 1 is 1.29 bits per heavy atom. The molecule has 2 aliphatic rings. The zero-order valence-electron chi connectivity index (χ0n) is 8.15. The second-order valence-corrected chi connectivity index (χ2v) is 5.45. The molecular formula is C12H14BrN. The molecule has 1 spiro atoms. The quantitative estimate of drug-likeness (QED) is 0.748. The zero-order valence-corrected chi connectivity index (χ0v) is 9.73. The van der Waals surface area contributed by atoms with E-state index in [1.54, 1.807) is 5.56 Å². The number of fused-ring (bicyclic) bond motifs is 2. The van der Waals surface area contributed by atoms with Crippen LogP contribution in [0.3, 0.4) is 0 Å². The molecule has 1 nitrogen and oxygen atoms in total. The Morgan fingerprint density at radius 3 is 2.86 bits per heavy atom. The largest absolute Gasteiger partial charge is 0.312 e. The monoisotopic (exact) mass is 251 g/mol. The van der Waals surface area contributed by atoms with Crippen LogP contribution in [0.2, 0.25) is 0 Å². The molecule has 1 aromatic rings. The van der Waals surface area contributed by atoms with Gasteiger partial charge in [-0.05, 0) is 36.1 Å². The molecule has 0 unspecified atom stereocenters.